The molecule has 3 atom stereocenters. The van der Waals surface area contributed by atoms with Gasteiger partial charge in [0, 0.05) is 63.3 Å². The standard InChI is InChI=1S/C34H48N4O4/c1-25-23-38(26(2)22-37(25)24-27-13-14-27)33(29-9-6-11-31(39)21-29)28-8-5-10-30(20-28)34(42)36-17-7-16-35(18-19-36)15-4-3-12-32(40)41/h5-6,8-11,20-21,25-27,33,39H,3-4,7,12-19,22-24H2,1-2H3,(H,40,41)/t25-,26+,33?/m1/s1. The minimum atomic E-state index is -0.740. The molecule has 228 valence electrons. The second-order valence-electron chi connectivity index (χ2n) is 12.8. The summed E-state index contributed by atoms with van der Waals surface area (Å²) in [7, 11) is 0. The molecule has 42 heavy (non-hydrogen) atoms. The number of phenols is 1. The van der Waals surface area contributed by atoms with Crippen LogP contribution in [0.2, 0.25) is 0 Å². The molecule has 2 aromatic rings. The maximum Gasteiger partial charge on any atom is 0.303 e. The molecule has 0 bridgehead atoms. The first kappa shape index (κ1) is 30.5. The van der Waals surface area contributed by atoms with Crippen LogP contribution in [0.1, 0.15) is 79.9 Å². The molecule has 0 radical (unpaired) electrons. The molecular weight excluding hydrogens is 528 g/mol. The van der Waals surface area contributed by atoms with Gasteiger partial charge in [-0.3, -0.25) is 19.4 Å². The fourth-order valence-electron chi connectivity index (χ4n) is 6.78. The molecule has 1 unspecified atom stereocenters. The van der Waals surface area contributed by atoms with Gasteiger partial charge in [-0.2, -0.15) is 0 Å². The Morgan fingerprint density at radius 3 is 2.40 bits per heavy atom. The third kappa shape index (κ3) is 7.91. The summed E-state index contributed by atoms with van der Waals surface area (Å²) in [5, 5.41) is 19.3. The van der Waals surface area contributed by atoms with Crippen molar-refractivity contribution in [3.05, 3.63) is 65.2 Å². The van der Waals surface area contributed by atoms with E-state index in [0.29, 0.717) is 30.6 Å². The van der Waals surface area contributed by atoms with Gasteiger partial charge in [0.1, 0.15) is 5.75 Å². The lowest BCUT2D eigenvalue weighted by Gasteiger charge is -2.48. The van der Waals surface area contributed by atoms with Gasteiger partial charge in [0.2, 0.25) is 0 Å². The van der Waals surface area contributed by atoms with Gasteiger partial charge in [0.25, 0.3) is 5.91 Å². The summed E-state index contributed by atoms with van der Waals surface area (Å²) in [6.45, 7) is 11.8. The molecule has 3 aliphatic rings. The van der Waals surface area contributed by atoms with Crippen LogP contribution in [-0.4, -0.2) is 106 Å². The molecular formula is C34H48N4O4. The summed E-state index contributed by atoms with van der Waals surface area (Å²) in [5.41, 5.74) is 2.83. The van der Waals surface area contributed by atoms with Crippen LogP contribution in [0.25, 0.3) is 0 Å². The van der Waals surface area contributed by atoms with Crippen molar-refractivity contribution in [1.82, 2.24) is 19.6 Å². The average molecular weight is 577 g/mol. The second-order valence-corrected chi connectivity index (χ2v) is 12.8. The maximum absolute atomic E-state index is 13.8. The summed E-state index contributed by atoms with van der Waals surface area (Å²) < 4.78 is 0. The van der Waals surface area contributed by atoms with Crippen LogP contribution in [0.15, 0.2) is 48.5 Å². The van der Waals surface area contributed by atoms with Crippen molar-refractivity contribution in [1.29, 1.82) is 0 Å². The van der Waals surface area contributed by atoms with E-state index in [2.05, 4.69) is 46.7 Å². The molecule has 1 amide bonds. The van der Waals surface area contributed by atoms with Crippen LogP contribution in [0.5, 0.6) is 5.75 Å². The van der Waals surface area contributed by atoms with Crippen LogP contribution in [0.4, 0.5) is 0 Å². The molecule has 0 aromatic heterocycles. The number of benzene rings is 2. The van der Waals surface area contributed by atoms with Crippen LogP contribution in [0, 0.1) is 5.92 Å². The number of amides is 1. The number of nitrogens with zero attached hydrogens (tertiary/aromatic N) is 4. The van der Waals surface area contributed by atoms with E-state index in [1.165, 1.54) is 19.4 Å². The summed E-state index contributed by atoms with van der Waals surface area (Å²) in [4.78, 5) is 34.1. The topological polar surface area (TPSA) is 87.6 Å². The van der Waals surface area contributed by atoms with E-state index in [9.17, 15) is 14.7 Å². The van der Waals surface area contributed by atoms with Crippen molar-refractivity contribution in [2.45, 2.75) is 70.5 Å². The van der Waals surface area contributed by atoms with Crippen molar-refractivity contribution in [2.75, 3.05) is 52.4 Å². The number of hydrogen-bond donors (Lipinski definition) is 2. The van der Waals surface area contributed by atoms with Gasteiger partial charge in [0.15, 0.2) is 0 Å². The Balaban J connectivity index is 1.31. The smallest absolute Gasteiger partial charge is 0.303 e. The van der Waals surface area contributed by atoms with Crippen molar-refractivity contribution >= 4 is 11.9 Å². The number of rotatable bonds is 11. The summed E-state index contributed by atoms with van der Waals surface area (Å²) in [6.07, 6.45) is 5.40. The quantitative estimate of drug-likeness (QED) is 0.376. The highest BCUT2D eigenvalue weighted by molar-refractivity contribution is 5.94. The molecule has 1 aliphatic carbocycles. The largest absolute Gasteiger partial charge is 0.508 e. The summed E-state index contributed by atoms with van der Waals surface area (Å²) >= 11 is 0. The third-order valence-electron chi connectivity index (χ3n) is 9.31. The van der Waals surface area contributed by atoms with Gasteiger partial charge in [-0.1, -0.05) is 24.3 Å². The predicted molar refractivity (Wildman–Crippen MR) is 165 cm³/mol. The fraction of sp³-hybridized carbons (Fsp3) is 0.588. The number of hydrogen-bond acceptors (Lipinski definition) is 6. The van der Waals surface area contributed by atoms with Gasteiger partial charge in [0.05, 0.1) is 6.04 Å². The molecule has 8 heteroatoms. The Morgan fingerprint density at radius 1 is 0.905 bits per heavy atom. The van der Waals surface area contributed by atoms with Crippen LogP contribution < -0.4 is 0 Å². The van der Waals surface area contributed by atoms with Gasteiger partial charge in [-0.05, 0) is 100 Å². The Bertz CT molecular complexity index is 1220. The lowest BCUT2D eigenvalue weighted by Crippen LogP contribution is -2.57. The predicted octanol–water partition coefficient (Wildman–Crippen LogP) is 4.69. The molecule has 0 spiro atoms. The Morgan fingerprint density at radius 2 is 1.67 bits per heavy atom. The van der Waals surface area contributed by atoms with Gasteiger partial charge in [-0.25, -0.2) is 0 Å². The minimum absolute atomic E-state index is 0.0594. The number of unbranched alkanes of at least 4 members (excludes halogenated alkanes) is 1. The highest BCUT2D eigenvalue weighted by Crippen LogP contribution is 2.37. The van der Waals surface area contributed by atoms with Crippen molar-refractivity contribution in [3.63, 3.8) is 0 Å². The van der Waals surface area contributed by atoms with Crippen molar-refractivity contribution in [3.8, 4) is 5.75 Å². The molecule has 1 saturated carbocycles. The zero-order valence-electron chi connectivity index (χ0n) is 25.3. The van der Waals surface area contributed by atoms with Gasteiger partial charge in [-0.15, -0.1) is 0 Å². The third-order valence-corrected chi connectivity index (χ3v) is 9.31. The molecule has 2 heterocycles. The van der Waals surface area contributed by atoms with E-state index in [4.69, 9.17) is 5.11 Å². The van der Waals surface area contributed by atoms with Gasteiger partial charge >= 0.3 is 5.97 Å². The number of aliphatic carboxylic acids is 1. The van der Waals surface area contributed by atoms with Crippen LogP contribution in [0.3, 0.4) is 0 Å². The SMILES string of the molecule is C[C@@H]1CN(C(c2cccc(O)c2)c2cccc(C(=O)N3CCCN(CCCCC(=O)O)CC3)c2)[C@@H](C)CN1CC1CC1. The van der Waals surface area contributed by atoms with Crippen LogP contribution in [-0.2, 0) is 4.79 Å². The first-order valence-corrected chi connectivity index (χ1v) is 15.9. The average Bonchev–Trinajstić information content (AvgIpc) is 3.81. The number of carbonyl (C=O) groups is 2. The van der Waals surface area contributed by atoms with E-state index >= 15 is 0 Å². The number of carboxylic acid groups (broad SMARTS) is 1. The lowest BCUT2D eigenvalue weighted by atomic mass is 9.92. The van der Waals surface area contributed by atoms with E-state index in [1.807, 2.05) is 29.2 Å². The van der Waals surface area contributed by atoms with E-state index in [0.717, 1.165) is 69.2 Å². The number of piperazine rings is 1. The van der Waals surface area contributed by atoms with E-state index in [-0.39, 0.29) is 24.1 Å². The highest BCUT2D eigenvalue weighted by Gasteiger charge is 2.37. The van der Waals surface area contributed by atoms with E-state index in [1.54, 1.807) is 6.07 Å². The maximum atomic E-state index is 13.8. The number of phenolic OH excluding ortho intramolecular Hbond substituents is 1. The Labute approximate surface area is 250 Å². The monoisotopic (exact) mass is 576 g/mol. The molecule has 8 nitrogen and oxygen atoms in total. The Hall–Kier alpha value is -2.94. The van der Waals surface area contributed by atoms with Gasteiger partial charge < -0.3 is 20.0 Å². The number of aromatic hydroxyl groups is 1. The lowest BCUT2D eigenvalue weighted by molar-refractivity contribution is -0.137. The molecule has 2 aliphatic heterocycles. The fourth-order valence-corrected chi connectivity index (χ4v) is 6.78. The molecule has 2 N–H and O–H groups in total. The first-order chi connectivity index (χ1) is 20.3. The zero-order chi connectivity index (χ0) is 29.6. The zero-order valence-corrected chi connectivity index (χ0v) is 25.3. The Kier molecular flexibility index (Phi) is 10.2. The normalized spacial score (nSPS) is 23.4. The van der Waals surface area contributed by atoms with Crippen molar-refractivity contribution < 1.29 is 19.8 Å². The summed E-state index contributed by atoms with van der Waals surface area (Å²) in [5.74, 6) is 0.444. The first-order valence-electron chi connectivity index (χ1n) is 15.9. The number of carboxylic acids is 1. The highest BCUT2D eigenvalue weighted by atomic mass is 16.4. The second kappa shape index (κ2) is 14.0. The summed E-state index contributed by atoms with van der Waals surface area (Å²) in [6, 6.07) is 16.4. The van der Waals surface area contributed by atoms with Crippen molar-refractivity contribution in [2.24, 2.45) is 5.92 Å². The number of carbonyl (C=O) groups excluding carboxylic acids is 1. The molecule has 5 rings (SSSR count). The molecule has 2 saturated heterocycles. The molecule has 3 fully saturated rings. The minimum Gasteiger partial charge on any atom is -0.508 e. The molecule has 2 aromatic carbocycles. The van der Waals surface area contributed by atoms with E-state index < -0.39 is 5.97 Å². The van der Waals surface area contributed by atoms with Crippen LogP contribution >= 0.6 is 0 Å².